The van der Waals surface area contributed by atoms with Crippen molar-refractivity contribution in [2.24, 2.45) is 0 Å². The maximum atomic E-state index is 5.59. The van der Waals surface area contributed by atoms with Crippen molar-refractivity contribution in [2.75, 3.05) is 11.5 Å². The Labute approximate surface area is 84.7 Å². The third-order valence-electron chi connectivity index (χ3n) is 1.90. The van der Waals surface area contributed by atoms with Crippen molar-refractivity contribution < 1.29 is 0 Å². The Morgan fingerprint density at radius 2 is 1.85 bits per heavy atom. The molecular formula is C11H17NS. The lowest BCUT2D eigenvalue weighted by molar-refractivity contribution is 0.778. The average Bonchev–Trinajstić information content (AvgIpc) is 2.15. The van der Waals surface area contributed by atoms with Crippen LogP contribution < -0.4 is 5.73 Å². The molecule has 0 aliphatic carbocycles. The summed E-state index contributed by atoms with van der Waals surface area (Å²) in [5, 5.41) is 0. The van der Waals surface area contributed by atoms with Gasteiger partial charge in [0.05, 0.1) is 0 Å². The van der Waals surface area contributed by atoms with Crippen molar-refractivity contribution in [1.82, 2.24) is 0 Å². The van der Waals surface area contributed by atoms with Crippen molar-refractivity contribution in [1.29, 1.82) is 0 Å². The van der Waals surface area contributed by atoms with E-state index in [1.807, 2.05) is 23.9 Å². The Balaban J connectivity index is 2.25. The van der Waals surface area contributed by atoms with Gasteiger partial charge in [0.2, 0.25) is 0 Å². The standard InChI is InChI=1S/C11H17NS/c1-2-3-4-9-13-11-7-5-10(12)6-8-11/h5-8H,2-4,9,12H2,1H3. The van der Waals surface area contributed by atoms with Crippen LogP contribution in [0, 0.1) is 0 Å². The molecule has 0 aromatic heterocycles. The fraction of sp³-hybridized carbons (Fsp3) is 0.455. The SMILES string of the molecule is CCCCCSc1ccc(N)cc1. The summed E-state index contributed by atoms with van der Waals surface area (Å²) in [5.41, 5.74) is 6.44. The minimum atomic E-state index is 0.845. The number of rotatable bonds is 5. The number of unbranched alkanes of at least 4 members (excludes halogenated alkanes) is 2. The Kier molecular flexibility index (Phi) is 4.76. The molecule has 0 spiro atoms. The van der Waals surface area contributed by atoms with E-state index < -0.39 is 0 Å². The molecule has 0 amide bonds. The third kappa shape index (κ3) is 4.23. The second-order valence-electron chi connectivity index (χ2n) is 3.12. The maximum Gasteiger partial charge on any atom is 0.0314 e. The first kappa shape index (κ1) is 10.5. The smallest absolute Gasteiger partial charge is 0.0314 e. The summed E-state index contributed by atoms with van der Waals surface area (Å²) in [6.45, 7) is 2.23. The normalized spacial score (nSPS) is 10.2. The van der Waals surface area contributed by atoms with E-state index in [-0.39, 0.29) is 0 Å². The number of anilines is 1. The first-order valence-corrected chi connectivity index (χ1v) is 5.80. The van der Waals surface area contributed by atoms with Crippen molar-refractivity contribution in [3.05, 3.63) is 24.3 Å². The van der Waals surface area contributed by atoms with Crippen LogP contribution in [0.5, 0.6) is 0 Å². The van der Waals surface area contributed by atoms with E-state index in [0.717, 1.165) is 5.69 Å². The number of hydrogen-bond acceptors (Lipinski definition) is 2. The zero-order valence-corrected chi connectivity index (χ0v) is 8.94. The Hall–Kier alpha value is -0.630. The minimum Gasteiger partial charge on any atom is -0.399 e. The van der Waals surface area contributed by atoms with Gasteiger partial charge in [-0.05, 0) is 36.4 Å². The molecule has 0 aliphatic heterocycles. The molecule has 0 radical (unpaired) electrons. The van der Waals surface area contributed by atoms with E-state index in [1.54, 1.807) is 0 Å². The monoisotopic (exact) mass is 195 g/mol. The molecule has 0 saturated heterocycles. The third-order valence-corrected chi connectivity index (χ3v) is 3.00. The molecule has 2 N–H and O–H groups in total. The second-order valence-corrected chi connectivity index (χ2v) is 4.29. The van der Waals surface area contributed by atoms with Gasteiger partial charge < -0.3 is 5.73 Å². The lowest BCUT2D eigenvalue weighted by Gasteiger charge is -2.00. The van der Waals surface area contributed by atoms with Gasteiger partial charge in [-0.15, -0.1) is 11.8 Å². The van der Waals surface area contributed by atoms with E-state index in [1.165, 1.54) is 29.9 Å². The summed E-state index contributed by atoms with van der Waals surface area (Å²) in [4.78, 5) is 1.32. The average molecular weight is 195 g/mol. The first-order valence-electron chi connectivity index (χ1n) is 4.81. The van der Waals surface area contributed by atoms with Crippen LogP contribution in [0.2, 0.25) is 0 Å². The summed E-state index contributed by atoms with van der Waals surface area (Å²) >= 11 is 1.91. The fourth-order valence-electron chi connectivity index (χ4n) is 1.11. The van der Waals surface area contributed by atoms with Gasteiger partial charge in [0, 0.05) is 10.6 Å². The van der Waals surface area contributed by atoms with Crippen LogP contribution in [0.1, 0.15) is 26.2 Å². The lowest BCUT2D eigenvalue weighted by atomic mass is 10.3. The zero-order valence-electron chi connectivity index (χ0n) is 8.12. The molecular weight excluding hydrogens is 178 g/mol. The highest BCUT2D eigenvalue weighted by Crippen LogP contribution is 2.20. The number of nitrogen functional groups attached to an aromatic ring is 1. The second kappa shape index (κ2) is 5.92. The van der Waals surface area contributed by atoms with Crippen LogP contribution in [0.3, 0.4) is 0 Å². The Bertz CT molecular complexity index is 230. The zero-order chi connectivity index (χ0) is 9.52. The molecule has 0 fully saturated rings. The molecule has 2 heteroatoms. The minimum absolute atomic E-state index is 0.845. The van der Waals surface area contributed by atoms with Crippen molar-refractivity contribution in [3.8, 4) is 0 Å². The van der Waals surface area contributed by atoms with Crippen LogP contribution in [-0.2, 0) is 0 Å². The highest BCUT2D eigenvalue weighted by Gasteiger charge is 1.92. The van der Waals surface area contributed by atoms with E-state index in [9.17, 15) is 0 Å². The van der Waals surface area contributed by atoms with Gasteiger partial charge in [-0.2, -0.15) is 0 Å². The van der Waals surface area contributed by atoms with E-state index in [0.29, 0.717) is 0 Å². The van der Waals surface area contributed by atoms with Gasteiger partial charge >= 0.3 is 0 Å². The van der Waals surface area contributed by atoms with Gasteiger partial charge in [0.25, 0.3) is 0 Å². The first-order chi connectivity index (χ1) is 6.33. The quantitative estimate of drug-likeness (QED) is 0.442. The molecule has 0 unspecified atom stereocenters. The summed E-state index contributed by atoms with van der Waals surface area (Å²) in [7, 11) is 0. The molecule has 1 nitrogen and oxygen atoms in total. The maximum absolute atomic E-state index is 5.59. The molecule has 1 rings (SSSR count). The Morgan fingerprint density at radius 1 is 1.15 bits per heavy atom. The summed E-state index contributed by atoms with van der Waals surface area (Å²) in [6, 6.07) is 8.10. The van der Waals surface area contributed by atoms with E-state index in [4.69, 9.17) is 5.73 Å². The Morgan fingerprint density at radius 3 is 2.46 bits per heavy atom. The molecule has 0 aliphatic rings. The predicted octanol–water partition coefficient (Wildman–Crippen LogP) is 3.55. The highest BCUT2D eigenvalue weighted by atomic mass is 32.2. The molecule has 0 atom stereocenters. The van der Waals surface area contributed by atoms with Crippen LogP contribution in [0.4, 0.5) is 5.69 Å². The van der Waals surface area contributed by atoms with Gasteiger partial charge in [0.15, 0.2) is 0 Å². The van der Waals surface area contributed by atoms with Crippen molar-refractivity contribution in [3.63, 3.8) is 0 Å². The van der Waals surface area contributed by atoms with Gasteiger partial charge in [-0.25, -0.2) is 0 Å². The number of nitrogens with two attached hydrogens (primary N) is 1. The van der Waals surface area contributed by atoms with Crippen LogP contribution >= 0.6 is 11.8 Å². The fourth-order valence-corrected chi connectivity index (χ4v) is 2.02. The highest BCUT2D eigenvalue weighted by molar-refractivity contribution is 7.99. The van der Waals surface area contributed by atoms with Gasteiger partial charge in [-0.1, -0.05) is 19.8 Å². The van der Waals surface area contributed by atoms with E-state index >= 15 is 0 Å². The van der Waals surface area contributed by atoms with Gasteiger partial charge in [0.1, 0.15) is 0 Å². The van der Waals surface area contributed by atoms with Crippen LogP contribution in [0.25, 0.3) is 0 Å². The van der Waals surface area contributed by atoms with Crippen LogP contribution in [0.15, 0.2) is 29.2 Å². The lowest BCUT2D eigenvalue weighted by Crippen LogP contribution is -1.83. The van der Waals surface area contributed by atoms with Crippen molar-refractivity contribution >= 4 is 17.4 Å². The summed E-state index contributed by atoms with van der Waals surface area (Å²) in [6.07, 6.45) is 3.94. The topological polar surface area (TPSA) is 26.0 Å². The number of benzene rings is 1. The van der Waals surface area contributed by atoms with Gasteiger partial charge in [-0.3, -0.25) is 0 Å². The van der Waals surface area contributed by atoms with Crippen molar-refractivity contribution in [2.45, 2.75) is 31.1 Å². The van der Waals surface area contributed by atoms with E-state index in [2.05, 4.69) is 19.1 Å². The predicted molar refractivity (Wildman–Crippen MR) is 61.1 cm³/mol. The largest absolute Gasteiger partial charge is 0.399 e. The molecule has 0 saturated carbocycles. The number of thioether (sulfide) groups is 1. The number of hydrogen-bond donors (Lipinski definition) is 1. The molecule has 0 bridgehead atoms. The van der Waals surface area contributed by atoms with Crippen LogP contribution in [-0.4, -0.2) is 5.75 Å². The molecule has 1 aromatic carbocycles. The summed E-state index contributed by atoms with van der Waals surface area (Å²) in [5.74, 6) is 1.22. The summed E-state index contributed by atoms with van der Waals surface area (Å²) < 4.78 is 0. The molecule has 13 heavy (non-hydrogen) atoms. The molecule has 1 aromatic rings. The molecule has 72 valence electrons. The molecule has 0 heterocycles.